The minimum absolute atomic E-state index is 0.210. The molecule has 0 radical (unpaired) electrons. The smallest absolute Gasteiger partial charge is 0.320 e. The standard InChI is InChI=1S/C10H18N2O2/c13-10(14)9-2-1-7-12(9)8-3-5-11-6-4-8/h8-9,11H,1-7H2,(H,13,14)/t9-/m1/s1. The predicted octanol–water partition coefficient (Wildman–Crippen LogP) is 0.287. The average Bonchev–Trinajstić information content (AvgIpc) is 2.67. The van der Waals surface area contributed by atoms with Gasteiger partial charge in [-0.1, -0.05) is 0 Å². The molecule has 4 heteroatoms. The van der Waals surface area contributed by atoms with E-state index < -0.39 is 5.97 Å². The Bertz CT molecular complexity index is 214. The van der Waals surface area contributed by atoms with Gasteiger partial charge in [-0.05, 0) is 45.3 Å². The van der Waals surface area contributed by atoms with Crippen LogP contribution in [0.1, 0.15) is 25.7 Å². The van der Waals surface area contributed by atoms with Crippen molar-refractivity contribution in [1.82, 2.24) is 10.2 Å². The third-order valence-electron chi connectivity index (χ3n) is 3.36. The van der Waals surface area contributed by atoms with E-state index in [-0.39, 0.29) is 6.04 Å². The summed E-state index contributed by atoms with van der Waals surface area (Å²) in [7, 11) is 0. The molecule has 0 spiro atoms. The first-order valence-electron chi connectivity index (χ1n) is 5.48. The Morgan fingerprint density at radius 3 is 2.64 bits per heavy atom. The van der Waals surface area contributed by atoms with Gasteiger partial charge in [-0.2, -0.15) is 0 Å². The molecule has 0 aromatic carbocycles. The molecule has 2 N–H and O–H groups in total. The van der Waals surface area contributed by atoms with Gasteiger partial charge in [0.1, 0.15) is 6.04 Å². The number of nitrogens with zero attached hydrogens (tertiary/aromatic N) is 1. The molecule has 0 aliphatic carbocycles. The number of aliphatic carboxylic acids is 1. The highest BCUT2D eigenvalue weighted by atomic mass is 16.4. The molecule has 0 bridgehead atoms. The van der Waals surface area contributed by atoms with E-state index in [1.165, 1.54) is 0 Å². The summed E-state index contributed by atoms with van der Waals surface area (Å²) in [5.41, 5.74) is 0. The fraction of sp³-hybridized carbons (Fsp3) is 0.900. The first-order chi connectivity index (χ1) is 6.79. The van der Waals surface area contributed by atoms with Crippen molar-refractivity contribution in [2.75, 3.05) is 19.6 Å². The fourth-order valence-electron chi connectivity index (χ4n) is 2.63. The minimum atomic E-state index is -0.638. The maximum absolute atomic E-state index is 11.0. The van der Waals surface area contributed by atoms with Crippen LogP contribution in [0.4, 0.5) is 0 Å². The van der Waals surface area contributed by atoms with Gasteiger partial charge in [0.05, 0.1) is 0 Å². The van der Waals surface area contributed by atoms with Gasteiger partial charge in [0.15, 0.2) is 0 Å². The number of piperidine rings is 1. The second kappa shape index (κ2) is 4.28. The molecule has 2 aliphatic rings. The quantitative estimate of drug-likeness (QED) is 0.669. The van der Waals surface area contributed by atoms with E-state index in [1.807, 2.05) is 0 Å². The summed E-state index contributed by atoms with van der Waals surface area (Å²) in [6, 6.07) is 0.290. The minimum Gasteiger partial charge on any atom is -0.480 e. The molecule has 14 heavy (non-hydrogen) atoms. The molecule has 0 aromatic heterocycles. The highest BCUT2D eigenvalue weighted by molar-refractivity contribution is 5.73. The maximum atomic E-state index is 11.0. The van der Waals surface area contributed by atoms with Crippen LogP contribution < -0.4 is 5.32 Å². The van der Waals surface area contributed by atoms with Crippen LogP contribution in [0.2, 0.25) is 0 Å². The lowest BCUT2D eigenvalue weighted by atomic mass is 10.0. The summed E-state index contributed by atoms with van der Waals surface area (Å²) in [6.07, 6.45) is 4.08. The van der Waals surface area contributed by atoms with E-state index >= 15 is 0 Å². The van der Waals surface area contributed by atoms with Crippen LogP contribution in [0.3, 0.4) is 0 Å². The summed E-state index contributed by atoms with van der Waals surface area (Å²) >= 11 is 0. The molecule has 0 unspecified atom stereocenters. The van der Waals surface area contributed by atoms with Crippen LogP contribution >= 0.6 is 0 Å². The van der Waals surface area contributed by atoms with E-state index in [0.717, 1.165) is 45.3 Å². The third kappa shape index (κ3) is 1.91. The third-order valence-corrected chi connectivity index (χ3v) is 3.36. The number of carboxylic acid groups (broad SMARTS) is 1. The Labute approximate surface area is 84.3 Å². The largest absolute Gasteiger partial charge is 0.480 e. The van der Waals surface area contributed by atoms with Crippen molar-refractivity contribution in [3.63, 3.8) is 0 Å². The monoisotopic (exact) mass is 198 g/mol. The Kier molecular flexibility index (Phi) is 3.03. The second-order valence-electron chi connectivity index (χ2n) is 4.22. The van der Waals surface area contributed by atoms with Crippen LogP contribution in [0.15, 0.2) is 0 Å². The Morgan fingerprint density at radius 1 is 1.29 bits per heavy atom. The highest BCUT2D eigenvalue weighted by Gasteiger charge is 2.35. The van der Waals surface area contributed by atoms with Gasteiger partial charge in [-0.15, -0.1) is 0 Å². The van der Waals surface area contributed by atoms with Crippen LogP contribution in [0.25, 0.3) is 0 Å². The molecule has 2 fully saturated rings. The second-order valence-corrected chi connectivity index (χ2v) is 4.22. The van der Waals surface area contributed by atoms with E-state index in [4.69, 9.17) is 5.11 Å². The van der Waals surface area contributed by atoms with Crippen LogP contribution in [-0.2, 0) is 4.79 Å². The van der Waals surface area contributed by atoms with Gasteiger partial charge in [-0.3, -0.25) is 9.69 Å². The molecule has 0 amide bonds. The van der Waals surface area contributed by atoms with Gasteiger partial charge >= 0.3 is 5.97 Å². The summed E-state index contributed by atoms with van der Waals surface area (Å²) < 4.78 is 0. The summed E-state index contributed by atoms with van der Waals surface area (Å²) in [6.45, 7) is 3.04. The number of hydrogen-bond acceptors (Lipinski definition) is 3. The molecule has 2 rings (SSSR count). The van der Waals surface area contributed by atoms with Crippen LogP contribution in [0.5, 0.6) is 0 Å². The van der Waals surface area contributed by atoms with Crippen molar-refractivity contribution < 1.29 is 9.90 Å². The lowest BCUT2D eigenvalue weighted by Gasteiger charge is -2.34. The highest BCUT2D eigenvalue weighted by Crippen LogP contribution is 2.24. The molecular weight excluding hydrogens is 180 g/mol. The molecule has 2 heterocycles. The molecule has 2 aliphatic heterocycles. The van der Waals surface area contributed by atoms with Gasteiger partial charge in [0.2, 0.25) is 0 Å². The molecular formula is C10H18N2O2. The van der Waals surface area contributed by atoms with Crippen molar-refractivity contribution in [2.45, 2.75) is 37.8 Å². The molecule has 0 saturated carbocycles. The number of hydrogen-bond donors (Lipinski definition) is 2. The van der Waals surface area contributed by atoms with Crippen molar-refractivity contribution >= 4 is 5.97 Å². The van der Waals surface area contributed by atoms with Gasteiger partial charge < -0.3 is 10.4 Å². The topological polar surface area (TPSA) is 52.6 Å². The summed E-state index contributed by atoms with van der Waals surface area (Å²) in [5.74, 6) is -0.638. The van der Waals surface area contributed by atoms with Crippen molar-refractivity contribution in [2.24, 2.45) is 0 Å². The zero-order valence-corrected chi connectivity index (χ0v) is 8.41. The summed E-state index contributed by atoms with van der Waals surface area (Å²) in [5, 5.41) is 12.4. The lowest BCUT2D eigenvalue weighted by Crippen LogP contribution is -2.47. The van der Waals surface area contributed by atoms with Crippen molar-refractivity contribution in [1.29, 1.82) is 0 Å². The van der Waals surface area contributed by atoms with Crippen molar-refractivity contribution in [3.8, 4) is 0 Å². The van der Waals surface area contributed by atoms with E-state index in [1.54, 1.807) is 0 Å². The van der Waals surface area contributed by atoms with E-state index in [2.05, 4.69) is 10.2 Å². The number of carboxylic acids is 1. The zero-order valence-electron chi connectivity index (χ0n) is 8.41. The maximum Gasteiger partial charge on any atom is 0.320 e. The van der Waals surface area contributed by atoms with Crippen LogP contribution in [-0.4, -0.2) is 47.7 Å². The number of likely N-dealkylation sites (tertiary alicyclic amines) is 1. The number of carbonyl (C=O) groups is 1. The average molecular weight is 198 g/mol. The molecule has 4 nitrogen and oxygen atoms in total. The molecule has 1 atom stereocenters. The Balaban J connectivity index is 1.97. The Hall–Kier alpha value is -0.610. The van der Waals surface area contributed by atoms with E-state index in [0.29, 0.717) is 6.04 Å². The van der Waals surface area contributed by atoms with Crippen LogP contribution in [0, 0.1) is 0 Å². The van der Waals surface area contributed by atoms with Gasteiger partial charge in [0, 0.05) is 6.04 Å². The molecule has 80 valence electrons. The summed E-state index contributed by atoms with van der Waals surface area (Å²) in [4.78, 5) is 13.2. The lowest BCUT2D eigenvalue weighted by molar-refractivity contribution is -0.143. The first kappa shape index (κ1) is 9.93. The fourth-order valence-corrected chi connectivity index (χ4v) is 2.63. The first-order valence-corrected chi connectivity index (χ1v) is 5.48. The molecule has 2 saturated heterocycles. The Morgan fingerprint density at radius 2 is 2.00 bits per heavy atom. The number of nitrogens with one attached hydrogen (secondary N) is 1. The number of rotatable bonds is 2. The zero-order chi connectivity index (χ0) is 9.97. The van der Waals surface area contributed by atoms with Crippen molar-refractivity contribution in [3.05, 3.63) is 0 Å². The SMILES string of the molecule is O=C(O)[C@H]1CCCN1C1CCNCC1. The molecule has 0 aromatic rings. The normalized spacial score (nSPS) is 30.7. The van der Waals surface area contributed by atoms with E-state index in [9.17, 15) is 4.79 Å². The van der Waals surface area contributed by atoms with Gasteiger partial charge in [-0.25, -0.2) is 0 Å². The van der Waals surface area contributed by atoms with Gasteiger partial charge in [0.25, 0.3) is 0 Å². The predicted molar refractivity (Wildman–Crippen MR) is 53.3 cm³/mol.